The Hall–Kier alpha value is -3.33. The second-order valence-corrected chi connectivity index (χ2v) is 9.29. The van der Waals surface area contributed by atoms with Crippen LogP contribution in [0.15, 0.2) is 65.3 Å². The molecule has 9 heteroatoms. The molecule has 0 spiro atoms. The summed E-state index contributed by atoms with van der Waals surface area (Å²) in [5.74, 6) is -0.373. The number of nitrogens with zero attached hydrogens (tertiary/aromatic N) is 3. The molecule has 2 heterocycles. The van der Waals surface area contributed by atoms with Crippen LogP contribution in [0, 0.1) is 0 Å². The average Bonchev–Trinajstić information content (AvgIpc) is 3.26. The summed E-state index contributed by atoms with van der Waals surface area (Å²) in [6.07, 6.45) is 3.27. The number of aryl methyl sites for hydroxylation is 1. The van der Waals surface area contributed by atoms with Crippen molar-refractivity contribution in [2.75, 3.05) is 18.4 Å². The van der Waals surface area contributed by atoms with Crippen LogP contribution < -0.4 is 5.32 Å². The lowest BCUT2D eigenvalue weighted by atomic mass is 9.89. The summed E-state index contributed by atoms with van der Waals surface area (Å²) in [4.78, 5) is 26.7. The molecular formula is C26H25BrF2N4O2. The third kappa shape index (κ3) is 6.03. The van der Waals surface area contributed by atoms with Gasteiger partial charge in [0.05, 0.1) is 5.56 Å². The van der Waals surface area contributed by atoms with Gasteiger partial charge in [0.15, 0.2) is 0 Å². The molecule has 35 heavy (non-hydrogen) atoms. The number of benzene rings is 2. The number of amides is 2. The molecule has 1 aliphatic rings. The quantitative estimate of drug-likeness (QED) is 0.401. The molecule has 1 aromatic heterocycles. The van der Waals surface area contributed by atoms with E-state index in [2.05, 4.69) is 26.3 Å². The number of piperidine rings is 1. The number of rotatable bonds is 6. The minimum Gasteiger partial charge on any atom is -0.338 e. The topological polar surface area (TPSA) is 67.2 Å². The highest BCUT2D eigenvalue weighted by Crippen LogP contribution is 2.30. The number of hydrogen-bond donors (Lipinski definition) is 1. The molecule has 0 bridgehead atoms. The third-order valence-corrected chi connectivity index (χ3v) is 6.77. The number of carbonyl (C=O) groups is 2. The number of hydrogen-bond acceptors (Lipinski definition) is 3. The first-order valence-corrected chi connectivity index (χ1v) is 12.1. The van der Waals surface area contributed by atoms with Gasteiger partial charge in [-0.05, 0) is 54.2 Å². The van der Waals surface area contributed by atoms with Gasteiger partial charge in [-0.2, -0.15) is 5.10 Å². The van der Waals surface area contributed by atoms with Crippen LogP contribution >= 0.6 is 15.9 Å². The van der Waals surface area contributed by atoms with Gasteiger partial charge in [0.1, 0.15) is 5.69 Å². The largest absolute Gasteiger partial charge is 0.338 e. The Balaban J connectivity index is 1.32. The summed E-state index contributed by atoms with van der Waals surface area (Å²) < 4.78 is 28.6. The maximum Gasteiger partial charge on any atom is 0.282 e. The Labute approximate surface area is 210 Å². The van der Waals surface area contributed by atoms with Gasteiger partial charge in [0, 0.05) is 42.6 Å². The molecule has 0 aliphatic carbocycles. The summed E-state index contributed by atoms with van der Waals surface area (Å²) >= 11 is 3.45. The van der Waals surface area contributed by atoms with Crippen LogP contribution in [0.3, 0.4) is 0 Å². The van der Waals surface area contributed by atoms with Crippen LogP contribution in [-0.4, -0.2) is 39.6 Å². The SMILES string of the molecule is Cn1cc(C(=O)N2CCC(c3ccc(NC(=O)/C=C/c4ccccc4Br)cc3)CC2)c(C(F)F)n1. The Morgan fingerprint density at radius 2 is 1.80 bits per heavy atom. The number of anilines is 1. The van der Waals surface area contributed by atoms with Crippen molar-refractivity contribution in [2.24, 2.45) is 7.05 Å². The van der Waals surface area contributed by atoms with Gasteiger partial charge < -0.3 is 10.2 Å². The van der Waals surface area contributed by atoms with Gasteiger partial charge in [-0.1, -0.05) is 46.3 Å². The molecule has 1 N–H and O–H groups in total. The van der Waals surface area contributed by atoms with Crippen molar-refractivity contribution < 1.29 is 18.4 Å². The number of halogens is 3. The average molecular weight is 543 g/mol. The smallest absolute Gasteiger partial charge is 0.282 e. The third-order valence-electron chi connectivity index (χ3n) is 6.05. The molecule has 182 valence electrons. The molecule has 1 aliphatic heterocycles. The van der Waals surface area contributed by atoms with Crippen LogP contribution in [0.25, 0.3) is 6.08 Å². The van der Waals surface area contributed by atoms with Gasteiger partial charge in [0.25, 0.3) is 12.3 Å². The Bertz CT molecular complexity index is 1230. The monoisotopic (exact) mass is 542 g/mol. The summed E-state index contributed by atoms with van der Waals surface area (Å²) in [5, 5.41) is 6.59. The molecule has 2 aromatic carbocycles. The van der Waals surface area contributed by atoms with E-state index in [0.717, 1.165) is 28.4 Å². The maximum atomic E-state index is 13.2. The van der Waals surface area contributed by atoms with Crippen molar-refractivity contribution in [3.63, 3.8) is 0 Å². The first kappa shape index (κ1) is 24.8. The van der Waals surface area contributed by atoms with Gasteiger partial charge in [0.2, 0.25) is 5.91 Å². The standard InChI is InChI=1S/C26H25BrF2N4O2/c1-32-16-21(24(31-32)25(28)29)26(35)33-14-12-18(13-15-33)17-6-9-20(10-7-17)30-23(34)11-8-19-4-2-3-5-22(19)27/h2-11,16,18,25H,12-15H2,1H3,(H,30,34)/b11-8+. The predicted octanol–water partition coefficient (Wildman–Crippen LogP) is 5.79. The predicted molar refractivity (Wildman–Crippen MR) is 134 cm³/mol. The summed E-state index contributed by atoms with van der Waals surface area (Å²) in [7, 11) is 1.53. The Morgan fingerprint density at radius 3 is 2.46 bits per heavy atom. The Morgan fingerprint density at radius 1 is 1.11 bits per heavy atom. The van der Waals surface area contributed by atoms with Crippen molar-refractivity contribution in [1.82, 2.24) is 14.7 Å². The summed E-state index contributed by atoms with van der Waals surface area (Å²) in [6.45, 7) is 0.971. The highest BCUT2D eigenvalue weighted by Gasteiger charge is 2.29. The van der Waals surface area contributed by atoms with E-state index in [-0.39, 0.29) is 17.4 Å². The van der Waals surface area contributed by atoms with Gasteiger partial charge in [-0.3, -0.25) is 14.3 Å². The minimum absolute atomic E-state index is 0.0327. The molecule has 0 atom stereocenters. The van der Waals surface area contributed by atoms with E-state index in [9.17, 15) is 18.4 Å². The zero-order valence-electron chi connectivity index (χ0n) is 19.1. The second-order valence-electron chi connectivity index (χ2n) is 8.43. The number of nitrogens with one attached hydrogen (secondary N) is 1. The molecule has 6 nitrogen and oxygen atoms in total. The Kier molecular flexibility index (Phi) is 7.75. The zero-order valence-corrected chi connectivity index (χ0v) is 20.7. The van der Waals surface area contributed by atoms with Gasteiger partial charge >= 0.3 is 0 Å². The van der Waals surface area contributed by atoms with E-state index in [4.69, 9.17) is 0 Å². The van der Waals surface area contributed by atoms with Crippen LogP contribution in [0.1, 0.15) is 52.4 Å². The molecule has 1 fully saturated rings. The molecule has 2 amide bonds. The van der Waals surface area contributed by atoms with Gasteiger partial charge in [-0.25, -0.2) is 8.78 Å². The highest BCUT2D eigenvalue weighted by molar-refractivity contribution is 9.10. The lowest BCUT2D eigenvalue weighted by Gasteiger charge is -2.32. The summed E-state index contributed by atoms with van der Waals surface area (Å²) in [6, 6.07) is 15.3. The van der Waals surface area contributed by atoms with Crippen LogP contribution in [0.2, 0.25) is 0 Å². The van der Waals surface area contributed by atoms with E-state index >= 15 is 0 Å². The van der Waals surface area contributed by atoms with Gasteiger partial charge in [-0.15, -0.1) is 0 Å². The number of alkyl halides is 2. The number of likely N-dealkylation sites (tertiary alicyclic amines) is 1. The maximum absolute atomic E-state index is 13.2. The van der Waals surface area contributed by atoms with Crippen LogP contribution in [0.4, 0.5) is 14.5 Å². The van der Waals surface area contributed by atoms with Crippen molar-refractivity contribution >= 4 is 39.5 Å². The summed E-state index contributed by atoms with van der Waals surface area (Å²) in [5.41, 5.74) is 2.22. The second kappa shape index (κ2) is 10.9. The first-order valence-electron chi connectivity index (χ1n) is 11.3. The number of carbonyl (C=O) groups excluding carboxylic acids is 2. The minimum atomic E-state index is -2.79. The fourth-order valence-electron chi connectivity index (χ4n) is 4.22. The van der Waals surface area contributed by atoms with Crippen molar-refractivity contribution in [1.29, 1.82) is 0 Å². The molecule has 4 rings (SSSR count). The fraction of sp³-hybridized carbons (Fsp3) is 0.269. The lowest BCUT2D eigenvalue weighted by Crippen LogP contribution is -2.38. The van der Waals surface area contributed by atoms with Crippen LogP contribution in [0.5, 0.6) is 0 Å². The number of aromatic nitrogens is 2. The molecule has 3 aromatic rings. The van der Waals surface area contributed by atoms with Crippen molar-refractivity contribution in [3.8, 4) is 0 Å². The molecule has 0 saturated carbocycles. The van der Waals surface area contributed by atoms with E-state index in [0.29, 0.717) is 18.8 Å². The molecule has 1 saturated heterocycles. The van der Waals surface area contributed by atoms with E-state index in [1.54, 1.807) is 11.0 Å². The molecule has 0 radical (unpaired) electrons. The van der Waals surface area contributed by atoms with E-state index < -0.39 is 18.0 Å². The molecular weight excluding hydrogens is 518 g/mol. The van der Waals surface area contributed by atoms with E-state index in [1.807, 2.05) is 48.5 Å². The van der Waals surface area contributed by atoms with Crippen LogP contribution in [-0.2, 0) is 11.8 Å². The first-order chi connectivity index (χ1) is 16.8. The highest BCUT2D eigenvalue weighted by atomic mass is 79.9. The van der Waals surface area contributed by atoms with Crippen molar-refractivity contribution in [3.05, 3.63) is 87.7 Å². The normalized spacial score (nSPS) is 14.6. The van der Waals surface area contributed by atoms with Crippen molar-refractivity contribution in [2.45, 2.75) is 25.2 Å². The fourth-order valence-corrected chi connectivity index (χ4v) is 4.63. The molecule has 0 unspecified atom stereocenters. The lowest BCUT2D eigenvalue weighted by molar-refractivity contribution is -0.111. The zero-order chi connectivity index (χ0) is 24.9. The van der Waals surface area contributed by atoms with E-state index in [1.165, 1.54) is 24.0 Å².